The van der Waals surface area contributed by atoms with E-state index in [1.54, 1.807) is 0 Å². The predicted octanol–water partition coefficient (Wildman–Crippen LogP) is -1.07. The van der Waals surface area contributed by atoms with Gasteiger partial charge in [0.2, 0.25) is 0 Å². The number of rotatable bonds is 2. The fourth-order valence-electron chi connectivity index (χ4n) is 1.44. The van der Waals surface area contributed by atoms with Gasteiger partial charge in [-0.15, -0.1) is 0 Å². The van der Waals surface area contributed by atoms with E-state index in [9.17, 15) is 0 Å². The van der Waals surface area contributed by atoms with Crippen LogP contribution in [0.1, 0.15) is 19.3 Å². The van der Waals surface area contributed by atoms with Crippen LogP contribution in [0, 0.1) is 5.92 Å². The molecule has 60 valence electrons. The van der Waals surface area contributed by atoms with E-state index in [4.69, 9.17) is 16.1 Å². The molecule has 2 unspecified atom stereocenters. The average Bonchev–Trinajstić information content (AvgIpc) is 2.34. The third kappa shape index (κ3) is 1.67. The predicted molar refractivity (Wildman–Crippen MR) is 36.7 cm³/mol. The number of aliphatic hydroxyl groups excluding tert-OH is 1. The molecule has 0 radical (unpaired) electrons. The van der Waals surface area contributed by atoms with Crippen molar-refractivity contribution >= 4 is 0 Å². The SMILES string of the molecule is NNC1CCC(C(O)O)C1. The molecule has 1 aliphatic rings. The fraction of sp³-hybridized carbons (Fsp3) is 1.00. The van der Waals surface area contributed by atoms with Crippen LogP contribution in [-0.4, -0.2) is 22.5 Å². The summed E-state index contributed by atoms with van der Waals surface area (Å²) in [6, 6.07) is 0.270. The van der Waals surface area contributed by atoms with Crippen molar-refractivity contribution in [2.45, 2.75) is 31.6 Å². The van der Waals surface area contributed by atoms with Gasteiger partial charge in [-0.25, -0.2) is 0 Å². The lowest BCUT2D eigenvalue weighted by atomic mass is 10.1. The van der Waals surface area contributed by atoms with Gasteiger partial charge in [0.25, 0.3) is 0 Å². The van der Waals surface area contributed by atoms with Gasteiger partial charge in [-0.05, 0) is 19.3 Å². The van der Waals surface area contributed by atoms with Gasteiger partial charge in [0.05, 0.1) is 0 Å². The number of hydrogen-bond donors (Lipinski definition) is 4. The summed E-state index contributed by atoms with van der Waals surface area (Å²) in [5, 5.41) is 17.5. The molecule has 0 aliphatic heterocycles. The van der Waals surface area contributed by atoms with Crippen molar-refractivity contribution in [3.8, 4) is 0 Å². The zero-order valence-corrected chi connectivity index (χ0v) is 5.83. The van der Waals surface area contributed by atoms with E-state index in [1.807, 2.05) is 0 Å². The van der Waals surface area contributed by atoms with Crippen molar-refractivity contribution in [1.82, 2.24) is 5.43 Å². The van der Waals surface area contributed by atoms with Gasteiger partial charge in [-0.2, -0.15) is 0 Å². The normalized spacial score (nSPS) is 33.6. The molecule has 1 aliphatic carbocycles. The first-order chi connectivity index (χ1) is 4.74. The third-order valence-electron chi connectivity index (χ3n) is 2.13. The molecule has 0 saturated heterocycles. The van der Waals surface area contributed by atoms with E-state index in [0.29, 0.717) is 0 Å². The molecule has 0 bridgehead atoms. The van der Waals surface area contributed by atoms with Crippen LogP contribution >= 0.6 is 0 Å². The smallest absolute Gasteiger partial charge is 0.154 e. The minimum Gasteiger partial charge on any atom is -0.368 e. The summed E-state index contributed by atoms with van der Waals surface area (Å²) in [6.45, 7) is 0. The van der Waals surface area contributed by atoms with Crippen LogP contribution in [0.3, 0.4) is 0 Å². The highest BCUT2D eigenvalue weighted by Gasteiger charge is 2.27. The molecule has 0 aromatic rings. The second-order valence-electron chi connectivity index (χ2n) is 2.85. The first kappa shape index (κ1) is 7.94. The average molecular weight is 146 g/mol. The third-order valence-corrected chi connectivity index (χ3v) is 2.13. The maximum Gasteiger partial charge on any atom is 0.154 e. The maximum absolute atomic E-state index is 8.75. The Balaban J connectivity index is 2.28. The summed E-state index contributed by atoms with van der Waals surface area (Å²) >= 11 is 0. The van der Waals surface area contributed by atoms with Crippen molar-refractivity contribution in [2.24, 2.45) is 11.8 Å². The Bertz CT molecular complexity index is 108. The molecule has 1 rings (SSSR count). The minimum atomic E-state index is -1.17. The Kier molecular flexibility index (Phi) is 2.62. The van der Waals surface area contributed by atoms with E-state index in [-0.39, 0.29) is 12.0 Å². The lowest BCUT2D eigenvalue weighted by Gasteiger charge is -2.11. The molecule has 0 aromatic carbocycles. The zero-order chi connectivity index (χ0) is 7.56. The van der Waals surface area contributed by atoms with Gasteiger partial charge in [0.15, 0.2) is 6.29 Å². The lowest BCUT2D eigenvalue weighted by molar-refractivity contribution is -0.0819. The maximum atomic E-state index is 8.75. The summed E-state index contributed by atoms with van der Waals surface area (Å²) in [5.74, 6) is 5.20. The highest BCUT2D eigenvalue weighted by Crippen LogP contribution is 2.26. The molecule has 0 heterocycles. The van der Waals surface area contributed by atoms with Gasteiger partial charge in [-0.3, -0.25) is 11.3 Å². The summed E-state index contributed by atoms with van der Waals surface area (Å²) in [7, 11) is 0. The summed E-state index contributed by atoms with van der Waals surface area (Å²) in [4.78, 5) is 0. The monoisotopic (exact) mass is 146 g/mol. The van der Waals surface area contributed by atoms with Crippen LogP contribution in [0.15, 0.2) is 0 Å². The molecule has 0 spiro atoms. The van der Waals surface area contributed by atoms with Crippen molar-refractivity contribution < 1.29 is 10.2 Å². The molecule has 1 saturated carbocycles. The second kappa shape index (κ2) is 3.30. The topological polar surface area (TPSA) is 78.5 Å². The molecule has 0 amide bonds. The summed E-state index contributed by atoms with van der Waals surface area (Å²) < 4.78 is 0. The molecule has 1 fully saturated rings. The number of nitrogens with one attached hydrogen (secondary N) is 1. The van der Waals surface area contributed by atoms with Gasteiger partial charge in [0.1, 0.15) is 0 Å². The van der Waals surface area contributed by atoms with Crippen molar-refractivity contribution in [3.05, 3.63) is 0 Å². The molecule has 10 heavy (non-hydrogen) atoms. The number of aliphatic hydroxyl groups is 2. The Morgan fingerprint density at radius 2 is 2.10 bits per heavy atom. The number of hydrazine groups is 1. The van der Waals surface area contributed by atoms with E-state index in [0.717, 1.165) is 19.3 Å². The minimum absolute atomic E-state index is 0.0149. The van der Waals surface area contributed by atoms with Crippen LogP contribution in [0.25, 0.3) is 0 Å². The van der Waals surface area contributed by atoms with Gasteiger partial charge >= 0.3 is 0 Å². The van der Waals surface area contributed by atoms with Crippen LogP contribution in [0.4, 0.5) is 0 Å². The largest absolute Gasteiger partial charge is 0.368 e. The molecule has 4 heteroatoms. The number of hydrogen-bond acceptors (Lipinski definition) is 4. The molecule has 0 aromatic heterocycles. The summed E-state index contributed by atoms with van der Waals surface area (Å²) in [6.07, 6.45) is 1.40. The van der Waals surface area contributed by atoms with Crippen LogP contribution in [0.2, 0.25) is 0 Å². The van der Waals surface area contributed by atoms with Gasteiger partial charge in [-0.1, -0.05) is 0 Å². The molecule has 2 atom stereocenters. The van der Waals surface area contributed by atoms with Crippen LogP contribution < -0.4 is 11.3 Å². The van der Waals surface area contributed by atoms with E-state index >= 15 is 0 Å². The molecular weight excluding hydrogens is 132 g/mol. The standard InChI is InChI=1S/C6H14N2O2/c7-8-5-2-1-4(3-5)6(9)10/h4-6,8-10H,1-3,7H2. The molecular formula is C6H14N2O2. The van der Waals surface area contributed by atoms with E-state index in [1.165, 1.54) is 0 Å². The Labute approximate surface area is 60.0 Å². The fourth-order valence-corrected chi connectivity index (χ4v) is 1.44. The number of nitrogens with two attached hydrogens (primary N) is 1. The van der Waals surface area contributed by atoms with Crippen LogP contribution in [0.5, 0.6) is 0 Å². The Hall–Kier alpha value is -0.160. The Morgan fingerprint density at radius 3 is 2.40 bits per heavy atom. The van der Waals surface area contributed by atoms with Crippen LogP contribution in [-0.2, 0) is 0 Å². The summed E-state index contributed by atoms with van der Waals surface area (Å²) in [5.41, 5.74) is 2.63. The van der Waals surface area contributed by atoms with Crippen molar-refractivity contribution in [3.63, 3.8) is 0 Å². The van der Waals surface area contributed by atoms with E-state index < -0.39 is 6.29 Å². The van der Waals surface area contributed by atoms with Gasteiger partial charge < -0.3 is 10.2 Å². The second-order valence-corrected chi connectivity index (χ2v) is 2.85. The highest BCUT2D eigenvalue weighted by molar-refractivity contribution is 4.79. The highest BCUT2D eigenvalue weighted by atomic mass is 16.5. The lowest BCUT2D eigenvalue weighted by Crippen LogP contribution is -2.33. The Morgan fingerprint density at radius 1 is 1.40 bits per heavy atom. The quantitative estimate of drug-likeness (QED) is 0.227. The zero-order valence-electron chi connectivity index (χ0n) is 5.83. The first-order valence-electron chi connectivity index (χ1n) is 3.56. The van der Waals surface area contributed by atoms with Gasteiger partial charge in [0, 0.05) is 12.0 Å². The molecule has 4 nitrogen and oxygen atoms in total. The molecule has 5 N–H and O–H groups in total. The van der Waals surface area contributed by atoms with Crippen molar-refractivity contribution in [1.29, 1.82) is 0 Å². The van der Waals surface area contributed by atoms with E-state index in [2.05, 4.69) is 5.43 Å². The first-order valence-corrected chi connectivity index (χ1v) is 3.56. The van der Waals surface area contributed by atoms with Crippen molar-refractivity contribution in [2.75, 3.05) is 0 Å².